The Morgan fingerprint density at radius 1 is 0.713 bits per heavy atom. The molecule has 24 nitrogen and oxygen atoms in total. The van der Waals surface area contributed by atoms with E-state index in [-0.39, 0.29) is 74.8 Å². The van der Waals surface area contributed by atoms with Gasteiger partial charge in [0.15, 0.2) is 0 Å². The van der Waals surface area contributed by atoms with E-state index in [0.717, 1.165) is 32.1 Å². The molecule has 26 heteroatoms. The maximum atomic E-state index is 14.4. The van der Waals surface area contributed by atoms with Crippen LogP contribution in [-0.2, 0) is 60.8 Å². The van der Waals surface area contributed by atoms with Crippen LogP contribution in [0.4, 0.5) is 0 Å². The number of thiol groups is 2. The number of nitrogens with zero attached hydrogens (tertiary/aromatic N) is 2. The Morgan fingerprint density at radius 3 is 1.79 bits per heavy atom. The summed E-state index contributed by atoms with van der Waals surface area (Å²) in [6.45, 7) is 4.82. The number of carbonyl (C=O) groups is 10. The predicted molar refractivity (Wildman–Crippen MR) is 302 cm³/mol. The third kappa shape index (κ3) is 19.6. The summed E-state index contributed by atoms with van der Waals surface area (Å²) in [7, 11) is 1.49. The number of hydrogen-bond acceptors (Lipinski definition) is 16. The summed E-state index contributed by atoms with van der Waals surface area (Å²) in [6, 6.07) is 0.951. The molecule has 2 fully saturated rings. The molecular weight excluding hydrogens is 1070 g/mol. The van der Waals surface area contributed by atoms with Gasteiger partial charge in [-0.15, -0.1) is 0 Å². The molecule has 80 heavy (non-hydrogen) atoms. The normalized spacial score (nSPS) is 18.2. The Kier molecular flexibility index (Phi) is 25.8. The highest BCUT2D eigenvalue weighted by molar-refractivity contribution is 7.81. The summed E-state index contributed by atoms with van der Waals surface area (Å²) < 4.78 is -0.558. The number of primary amides is 2. The number of likely N-dealkylation sites (tertiary alicyclic amines) is 1. The van der Waals surface area contributed by atoms with Gasteiger partial charge >= 0.3 is 0 Å². The fraction of sp³-hybridized carbons (Fsp3) is 0.593. The molecule has 1 heterocycles. The van der Waals surface area contributed by atoms with Crippen LogP contribution in [0.2, 0.25) is 0 Å². The van der Waals surface area contributed by atoms with E-state index in [9.17, 15) is 63.3 Å². The molecular formula is C54H81N11O13S2. The molecule has 1 aliphatic heterocycles. The van der Waals surface area contributed by atoms with Crippen molar-refractivity contribution in [1.29, 1.82) is 0 Å². The van der Waals surface area contributed by atoms with Gasteiger partial charge in [0.2, 0.25) is 59.1 Å². The van der Waals surface area contributed by atoms with E-state index in [1.165, 1.54) is 48.0 Å². The van der Waals surface area contributed by atoms with Crippen LogP contribution in [0.1, 0.15) is 109 Å². The van der Waals surface area contributed by atoms with Crippen molar-refractivity contribution in [2.75, 3.05) is 25.9 Å². The molecule has 2 aliphatic rings. The molecule has 10 amide bonds. The van der Waals surface area contributed by atoms with Crippen LogP contribution < -0.4 is 49.1 Å². The van der Waals surface area contributed by atoms with Crippen molar-refractivity contribution in [3.63, 3.8) is 0 Å². The number of phenolic OH excluding ortho intramolecular Hbond substituents is 2. The topological polar surface area (TPSA) is 388 Å². The second-order valence-corrected chi connectivity index (χ2v) is 22.3. The fourth-order valence-electron chi connectivity index (χ4n) is 9.68. The van der Waals surface area contributed by atoms with E-state index in [1.807, 2.05) is 0 Å². The third-order valence-electron chi connectivity index (χ3n) is 14.7. The Hall–Kier alpha value is -6.64. The van der Waals surface area contributed by atoms with Gasteiger partial charge in [-0.1, -0.05) is 63.8 Å². The van der Waals surface area contributed by atoms with Gasteiger partial charge in [-0.05, 0) is 93.3 Å². The predicted octanol–water partition coefficient (Wildman–Crippen LogP) is -0.911. The zero-order valence-corrected chi connectivity index (χ0v) is 47.6. The number of likely N-dealkylation sites (N-methyl/N-ethyl adjacent to an activating group) is 1. The van der Waals surface area contributed by atoms with Crippen molar-refractivity contribution in [3.05, 3.63) is 59.7 Å². The molecule has 2 aromatic carbocycles. The number of nitrogens with two attached hydrogens (primary N) is 3. The zero-order chi connectivity index (χ0) is 59.4. The van der Waals surface area contributed by atoms with Crippen LogP contribution in [0.25, 0.3) is 0 Å². The highest BCUT2D eigenvalue weighted by Gasteiger charge is 2.42. The lowest BCUT2D eigenvalue weighted by molar-refractivity contribution is -0.142. The van der Waals surface area contributed by atoms with Gasteiger partial charge in [0, 0.05) is 43.4 Å². The second kappa shape index (κ2) is 31.4. The third-order valence-corrected chi connectivity index (χ3v) is 15.7. The van der Waals surface area contributed by atoms with Crippen LogP contribution in [-0.4, -0.2) is 169 Å². The maximum absolute atomic E-state index is 14.4. The largest absolute Gasteiger partial charge is 0.508 e. The highest BCUT2D eigenvalue weighted by atomic mass is 32.1. The summed E-state index contributed by atoms with van der Waals surface area (Å²) in [6.07, 6.45) is 3.08. The number of amides is 10. The summed E-state index contributed by atoms with van der Waals surface area (Å²) in [5.41, 5.74) is 18.0. The number of nitrogens with one attached hydrogen (secondary N) is 6. The maximum Gasteiger partial charge on any atom is 0.246 e. The summed E-state index contributed by atoms with van der Waals surface area (Å²) in [5, 5.41) is 45.8. The van der Waals surface area contributed by atoms with E-state index in [4.69, 9.17) is 29.8 Å². The molecule has 0 bridgehead atoms. The van der Waals surface area contributed by atoms with Gasteiger partial charge in [0.1, 0.15) is 59.8 Å². The standard InChI is InChI=1S/C54H81N11O13S2/c1-5-30(2)44(62-50(75)41(26-33-15-19-35(68)20-16-33)64(4)43(70)28-54(80)21-7-6-8-22-54)51(76)63-45(31(3)66)52(77)60-38(27-42(56)69)48(73)61-39(29-79)53(78)65-24-10-12-40(65)49(74)58-36(11-9-23-55)47(72)59-37(46(57)71)25-32-13-17-34(67)18-14-32/h13-20,30-31,36-41,44-45,66-68,79-80H,5-12,21-29,55H2,1-4H3,(H2,56,69)(H2,57,71)(H,58,74)(H,59,72)(H,60,77)(H,61,73)(H,62,75)(H,63,76)/t30-,31+,36-,37-,38-,39-,40-,41-,44-,45-/m0/s1. The quantitative estimate of drug-likeness (QED) is 0.0422. The molecule has 10 atom stereocenters. The Morgan fingerprint density at radius 2 is 1.25 bits per heavy atom. The van der Waals surface area contributed by atoms with Gasteiger partial charge < -0.3 is 74.2 Å². The number of benzene rings is 2. The summed E-state index contributed by atoms with van der Waals surface area (Å²) in [4.78, 5) is 139. The van der Waals surface area contributed by atoms with Crippen molar-refractivity contribution in [2.24, 2.45) is 23.1 Å². The number of rotatable bonds is 30. The first-order chi connectivity index (χ1) is 37.8. The van der Waals surface area contributed by atoms with Crippen LogP contribution in [0.15, 0.2) is 48.5 Å². The second-order valence-electron chi connectivity index (χ2n) is 20.9. The van der Waals surface area contributed by atoms with Gasteiger partial charge in [0.05, 0.1) is 12.5 Å². The molecule has 4 rings (SSSR count). The molecule has 0 unspecified atom stereocenters. The lowest BCUT2D eigenvalue weighted by Gasteiger charge is -2.36. The molecule has 0 radical (unpaired) electrons. The molecule has 2 aromatic rings. The first kappa shape index (κ1) is 65.9. The molecule has 15 N–H and O–H groups in total. The average molecular weight is 1160 g/mol. The molecule has 1 saturated carbocycles. The first-order valence-electron chi connectivity index (χ1n) is 27.0. The lowest BCUT2D eigenvalue weighted by Crippen LogP contribution is -2.63. The number of aromatic hydroxyl groups is 2. The average Bonchev–Trinajstić information content (AvgIpc) is 3.96. The number of carbonyl (C=O) groups excluding carboxylic acids is 10. The molecule has 1 saturated heterocycles. The van der Waals surface area contributed by atoms with E-state index in [2.05, 4.69) is 44.5 Å². The van der Waals surface area contributed by atoms with E-state index in [1.54, 1.807) is 38.1 Å². The Labute approximate surface area is 477 Å². The fourth-order valence-corrected chi connectivity index (χ4v) is 10.4. The van der Waals surface area contributed by atoms with Crippen molar-refractivity contribution in [1.82, 2.24) is 41.7 Å². The Bertz CT molecular complexity index is 2480. The van der Waals surface area contributed by atoms with Crippen LogP contribution in [0.5, 0.6) is 11.5 Å². The van der Waals surface area contributed by atoms with E-state index in [0.29, 0.717) is 24.0 Å². The zero-order valence-electron chi connectivity index (χ0n) is 45.9. The van der Waals surface area contributed by atoms with Crippen molar-refractivity contribution >= 4 is 84.3 Å². The first-order valence-corrected chi connectivity index (χ1v) is 28.1. The van der Waals surface area contributed by atoms with Crippen LogP contribution >= 0.6 is 25.3 Å². The molecule has 1 aliphatic carbocycles. The number of hydrogen-bond donors (Lipinski definition) is 14. The van der Waals surface area contributed by atoms with E-state index < -0.39 is 125 Å². The van der Waals surface area contributed by atoms with Crippen molar-refractivity contribution < 1.29 is 63.3 Å². The van der Waals surface area contributed by atoms with Crippen molar-refractivity contribution in [2.45, 2.75) is 170 Å². The lowest BCUT2D eigenvalue weighted by atomic mass is 9.85. The number of phenols is 2. The minimum Gasteiger partial charge on any atom is -0.508 e. The SMILES string of the molecule is CC[C@H](C)[C@H](NC(=O)[C@H](Cc1ccc(O)cc1)N(C)C(=O)CC1(S)CCCCC1)C(=O)N[C@H](C(=O)N[C@@H](CC(N)=O)C(=O)N[C@@H](CS)C(=O)N1CCC[C@H]1C(=O)N[C@@H](CCCN)C(=O)N[C@@H](Cc1ccc(O)cc1)C(N)=O)[C@@H](C)O. The smallest absolute Gasteiger partial charge is 0.246 e. The minimum absolute atomic E-state index is 0.000900. The van der Waals surface area contributed by atoms with Crippen molar-refractivity contribution in [3.8, 4) is 11.5 Å². The van der Waals surface area contributed by atoms with Gasteiger partial charge in [-0.3, -0.25) is 47.9 Å². The molecule has 0 aromatic heterocycles. The van der Waals surface area contributed by atoms with Gasteiger partial charge in [-0.2, -0.15) is 25.3 Å². The molecule has 442 valence electrons. The molecule has 0 spiro atoms. The number of aliphatic hydroxyl groups is 1. The van der Waals surface area contributed by atoms with Crippen LogP contribution in [0, 0.1) is 5.92 Å². The number of aliphatic hydroxyl groups excluding tert-OH is 1. The van der Waals surface area contributed by atoms with Gasteiger partial charge in [0.25, 0.3) is 0 Å². The Balaban J connectivity index is 1.48. The monoisotopic (exact) mass is 1160 g/mol. The van der Waals surface area contributed by atoms with Crippen LogP contribution in [0.3, 0.4) is 0 Å². The summed E-state index contributed by atoms with van der Waals surface area (Å²) in [5.74, 6) is -9.28. The van der Waals surface area contributed by atoms with E-state index >= 15 is 0 Å². The van der Waals surface area contributed by atoms with Gasteiger partial charge in [-0.25, -0.2) is 0 Å². The highest BCUT2D eigenvalue weighted by Crippen LogP contribution is 2.37. The minimum atomic E-state index is -1.80. The summed E-state index contributed by atoms with van der Waals surface area (Å²) >= 11 is 9.14.